The van der Waals surface area contributed by atoms with Crippen LogP contribution in [0.2, 0.25) is 5.02 Å². The highest BCUT2D eigenvalue weighted by atomic mass is 35.5. The van der Waals surface area contributed by atoms with Gasteiger partial charge in [-0.05, 0) is 66.6 Å². The van der Waals surface area contributed by atoms with E-state index in [1.807, 2.05) is 80.1 Å². The predicted octanol–water partition coefficient (Wildman–Crippen LogP) is 6.36. The molecule has 0 atom stereocenters. The molecular weight excluding hydrogens is 432 g/mol. The third-order valence-electron chi connectivity index (χ3n) is 5.61. The van der Waals surface area contributed by atoms with Crippen LogP contribution in [0.15, 0.2) is 91.5 Å². The second-order valence-electron chi connectivity index (χ2n) is 7.90. The molecule has 5 nitrogen and oxygen atoms in total. The van der Waals surface area contributed by atoms with Gasteiger partial charge in [0.05, 0.1) is 16.8 Å². The van der Waals surface area contributed by atoms with Crippen LogP contribution in [-0.2, 0) is 6.54 Å². The summed E-state index contributed by atoms with van der Waals surface area (Å²) < 4.78 is 2.11. The molecule has 162 valence electrons. The molecule has 33 heavy (non-hydrogen) atoms. The molecule has 6 heteroatoms. The number of benzene rings is 2. The summed E-state index contributed by atoms with van der Waals surface area (Å²) in [5, 5.41) is 4.71. The number of amides is 1. The van der Waals surface area contributed by atoms with E-state index in [9.17, 15) is 4.79 Å². The molecule has 1 amide bonds. The number of hydrogen-bond acceptors (Lipinski definition) is 3. The van der Waals surface area contributed by atoms with Gasteiger partial charge in [-0.25, -0.2) is 0 Å². The lowest BCUT2D eigenvalue weighted by Gasteiger charge is -2.12. The van der Waals surface area contributed by atoms with E-state index in [1.54, 1.807) is 12.3 Å². The van der Waals surface area contributed by atoms with Crippen molar-refractivity contribution in [2.24, 2.45) is 0 Å². The van der Waals surface area contributed by atoms with Crippen LogP contribution in [-0.4, -0.2) is 20.4 Å². The Balaban J connectivity index is 1.34. The third kappa shape index (κ3) is 4.49. The SMILES string of the molecule is Cc1c(NC(=O)c2ccc(-c3ccc(Cl)cc3)nc2)ccc2cc(Cn3cccc3)cnc12. The number of halogens is 1. The number of pyridine rings is 2. The van der Waals surface area contributed by atoms with Gasteiger partial charge in [-0.2, -0.15) is 0 Å². The van der Waals surface area contributed by atoms with Crippen molar-refractivity contribution in [2.45, 2.75) is 13.5 Å². The first kappa shape index (κ1) is 20.9. The minimum absolute atomic E-state index is 0.211. The van der Waals surface area contributed by atoms with Crippen LogP contribution in [0.3, 0.4) is 0 Å². The number of anilines is 1. The second kappa shape index (κ2) is 8.88. The first-order valence-electron chi connectivity index (χ1n) is 10.6. The van der Waals surface area contributed by atoms with Gasteiger partial charge < -0.3 is 9.88 Å². The number of aryl methyl sites for hydroxylation is 1. The number of hydrogen-bond donors (Lipinski definition) is 1. The maximum atomic E-state index is 12.8. The number of nitrogens with one attached hydrogen (secondary N) is 1. The molecule has 0 aliphatic heterocycles. The van der Waals surface area contributed by atoms with E-state index >= 15 is 0 Å². The van der Waals surface area contributed by atoms with Crippen LogP contribution >= 0.6 is 11.6 Å². The molecule has 2 aromatic carbocycles. The Morgan fingerprint density at radius 1 is 0.970 bits per heavy atom. The van der Waals surface area contributed by atoms with Crippen molar-refractivity contribution in [2.75, 3.05) is 5.32 Å². The molecule has 3 aromatic heterocycles. The van der Waals surface area contributed by atoms with Crippen molar-refractivity contribution in [3.05, 3.63) is 113 Å². The standard InChI is InChI=1S/C27H21ClN4O/c1-18-24(10-6-21-14-19(15-30-26(18)21)17-32-12-2-3-13-32)31-27(33)22-7-11-25(29-16-22)20-4-8-23(28)9-5-20/h2-16H,17H2,1H3,(H,31,33). The largest absolute Gasteiger partial charge is 0.350 e. The van der Waals surface area contributed by atoms with Crippen LogP contribution in [0, 0.1) is 6.92 Å². The van der Waals surface area contributed by atoms with Gasteiger partial charge in [0, 0.05) is 53.0 Å². The molecule has 0 unspecified atom stereocenters. The number of aromatic nitrogens is 3. The van der Waals surface area contributed by atoms with Crippen molar-refractivity contribution in [3.8, 4) is 11.3 Å². The highest BCUT2D eigenvalue weighted by molar-refractivity contribution is 6.30. The average Bonchev–Trinajstić information content (AvgIpc) is 3.34. The summed E-state index contributed by atoms with van der Waals surface area (Å²) >= 11 is 5.95. The summed E-state index contributed by atoms with van der Waals surface area (Å²) in [5.41, 5.74) is 5.88. The fraction of sp³-hybridized carbons (Fsp3) is 0.0741. The fourth-order valence-electron chi connectivity index (χ4n) is 3.82. The van der Waals surface area contributed by atoms with E-state index in [4.69, 9.17) is 11.6 Å². The van der Waals surface area contributed by atoms with E-state index in [2.05, 4.69) is 25.9 Å². The monoisotopic (exact) mass is 452 g/mol. The lowest BCUT2D eigenvalue weighted by molar-refractivity contribution is 0.102. The van der Waals surface area contributed by atoms with E-state index in [0.29, 0.717) is 10.6 Å². The van der Waals surface area contributed by atoms with E-state index < -0.39 is 0 Å². The zero-order chi connectivity index (χ0) is 22.8. The van der Waals surface area contributed by atoms with Crippen molar-refractivity contribution >= 4 is 34.1 Å². The predicted molar refractivity (Wildman–Crippen MR) is 133 cm³/mol. The molecule has 0 aliphatic rings. The highest BCUT2D eigenvalue weighted by Crippen LogP contribution is 2.26. The molecule has 5 rings (SSSR count). The molecule has 0 aliphatic carbocycles. The zero-order valence-corrected chi connectivity index (χ0v) is 18.8. The Kier molecular flexibility index (Phi) is 5.63. The lowest BCUT2D eigenvalue weighted by Crippen LogP contribution is -2.13. The first-order chi connectivity index (χ1) is 16.1. The summed E-state index contributed by atoms with van der Waals surface area (Å²) in [4.78, 5) is 21.9. The van der Waals surface area contributed by atoms with Gasteiger partial charge in [-0.15, -0.1) is 0 Å². The maximum absolute atomic E-state index is 12.8. The van der Waals surface area contributed by atoms with Crippen LogP contribution in [0.5, 0.6) is 0 Å². The maximum Gasteiger partial charge on any atom is 0.257 e. The average molecular weight is 453 g/mol. The van der Waals surface area contributed by atoms with E-state index in [1.165, 1.54) is 0 Å². The van der Waals surface area contributed by atoms with Crippen molar-refractivity contribution in [1.29, 1.82) is 0 Å². The molecule has 0 spiro atoms. The van der Waals surface area contributed by atoms with Crippen LogP contribution in [0.1, 0.15) is 21.5 Å². The number of rotatable bonds is 5. The normalized spacial score (nSPS) is 11.0. The Morgan fingerprint density at radius 3 is 2.48 bits per heavy atom. The smallest absolute Gasteiger partial charge is 0.257 e. The molecule has 0 saturated carbocycles. The van der Waals surface area contributed by atoms with Crippen LogP contribution < -0.4 is 5.32 Å². The fourth-order valence-corrected chi connectivity index (χ4v) is 3.94. The van der Waals surface area contributed by atoms with Crippen molar-refractivity contribution in [3.63, 3.8) is 0 Å². The van der Waals surface area contributed by atoms with Gasteiger partial charge in [-0.3, -0.25) is 14.8 Å². The Bertz CT molecular complexity index is 1430. The molecule has 5 aromatic rings. The summed E-state index contributed by atoms with van der Waals surface area (Å²) in [6.07, 6.45) is 7.54. The molecular formula is C27H21ClN4O. The quantitative estimate of drug-likeness (QED) is 0.337. The Labute approximate surface area is 196 Å². The lowest BCUT2D eigenvalue weighted by atomic mass is 10.1. The van der Waals surface area contributed by atoms with Crippen molar-refractivity contribution < 1.29 is 4.79 Å². The molecule has 0 fully saturated rings. The number of carbonyl (C=O) groups is 1. The highest BCUT2D eigenvalue weighted by Gasteiger charge is 2.12. The summed E-state index contributed by atoms with van der Waals surface area (Å²) in [5.74, 6) is -0.211. The van der Waals surface area contributed by atoms with Gasteiger partial charge in [-0.1, -0.05) is 29.8 Å². The molecule has 3 heterocycles. The van der Waals surface area contributed by atoms with Gasteiger partial charge in [0.25, 0.3) is 5.91 Å². The molecule has 1 N–H and O–H groups in total. The number of carbonyl (C=O) groups excluding carboxylic acids is 1. The van der Waals surface area contributed by atoms with Crippen LogP contribution in [0.25, 0.3) is 22.2 Å². The Hall–Kier alpha value is -3.96. The van der Waals surface area contributed by atoms with E-state index in [-0.39, 0.29) is 5.91 Å². The minimum Gasteiger partial charge on any atom is -0.350 e. The Morgan fingerprint density at radius 2 is 1.76 bits per heavy atom. The zero-order valence-electron chi connectivity index (χ0n) is 18.0. The first-order valence-corrected chi connectivity index (χ1v) is 11.0. The molecule has 0 radical (unpaired) electrons. The van der Waals surface area contributed by atoms with Gasteiger partial charge in [0.1, 0.15) is 0 Å². The third-order valence-corrected chi connectivity index (χ3v) is 5.86. The van der Waals surface area contributed by atoms with Gasteiger partial charge >= 0.3 is 0 Å². The summed E-state index contributed by atoms with van der Waals surface area (Å²) in [6.45, 7) is 2.74. The van der Waals surface area contributed by atoms with Crippen molar-refractivity contribution in [1.82, 2.24) is 14.5 Å². The van der Waals surface area contributed by atoms with Gasteiger partial charge in [0.15, 0.2) is 0 Å². The topological polar surface area (TPSA) is 59.8 Å². The molecule has 0 saturated heterocycles. The van der Waals surface area contributed by atoms with E-state index in [0.717, 1.165) is 45.5 Å². The summed E-state index contributed by atoms with van der Waals surface area (Å²) in [7, 11) is 0. The number of nitrogens with zero attached hydrogens (tertiary/aromatic N) is 3. The number of fused-ring (bicyclic) bond motifs is 1. The second-order valence-corrected chi connectivity index (χ2v) is 8.34. The minimum atomic E-state index is -0.211. The summed E-state index contributed by atoms with van der Waals surface area (Å²) in [6, 6.07) is 21.1. The molecule has 0 bridgehead atoms. The van der Waals surface area contributed by atoms with Crippen LogP contribution in [0.4, 0.5) is 5.69 Å². The van der Waals surface area contributed by atoms with Gasteiger partial charge in [0.2, 0.25) is 0 Å².